The average molecular weight is 336 g/mol. The van der Waals surface area contributed by atoms with Crippen molar-refractivity contribution in [3.8, 4) is 0 Å². The Kier molecular flexibility index (Phi) is 3.91. The van der Waals surface area contributed by atoms with Crippen LogP contribution < -0.4 is 5.32 Å². The third-order valence-electron chi connectivity index (χ3n) is 5.63. The summed E-state index contributed by atoms with van der Waals surface area (Å²) < 4.78 is 6.14. The molecule has 2 saturated heterocycles. The fourth-order valence-corrected chi connectivity index (χ4v) is 4.11. The molecule has 1 aromatic heterocycles. The van der Waals surface area contributed by atoms with Crippen LogP contribution in [0.2, 0.25) is 0 Å². The fraction of sp³-hybridized carbons (Fsp3) is 0.500. The minimum atomic E-state index is 0.191. The Hall–Kier alpha value is -1.98. The Balaban J connectivity index is 1.23. The van der Waals surface area contributed by atoms with Gasteiger partial charge < -0.3 is 10.1 Å². The van der Waals surface area contributed by atoms with E-state index in [4.69, 9.17) is 4.74 Å². The molecule has 3 atom stereocenters. The van der Waals surface area contributed by atoms with Crippen LogP contribution in [0.3, 0.4) is 0 Å². The van der Waals surface area contributed by atoms with Gasteiger partial charge in [0.15, 0.2) is 0 Å². The number of benzene rings is 1. The predicted molar refractivity (Wildman–Crippen MR) is 96.5 cm³/mol. The molecule has 1 N–H and O–H groups in total. The van der Waals surface area contributed by atoms with Crippen molar-refractivity contribution in [3.63, 3.8) is 0 Å². The number of anilines is 1. The molecule has 2 aliphatic heterocycles. The second kappa shape index (κ2) is 6.39. The van der Waals surface area contributed by atoms with Gasteiger partial charge in [0.25, 0.3) is 0 Å². The van der Waals surface area contributed by atoms with E-state index in [0.29, 0.717) is 18.0 Å². The summed E-state index contributed by atoms with van der Waals surface area (Å²) in [4.78, 5) is 11.4. The summed E-state index contributed by atoms with van der Waals surface area (Å²) in [6.07, 6.45) is 5.55. The van der Waals surface area contributed by atoms with Crippen LogP contribution in [0.1, 0.15) is 42.5 Å². The lowest BCUT2D eigenvalue weighted by Crippen LogP contribution is -2.42. The van der Waals surface area contributed by atoms with Gasteiger partial charge in [-0.3, -0.25) is 4.90 Å². The number of nitrogens with one attached hydrogen (secondary N) is 1. The van der Waals surface area contributed by atoms with Crippen LogP contribution in [0.4, 0.5) is 5.82 Å². The van der Waals surface area contributed by atoms with E-state index in [1.54, 1.807) is 6.33 Å². The second-order valence-electron chi connectivity index (χ2n) is 7.52. The molecule has 130 valence electrons. The molecular formula is C20H24N4O. The first-order valence-electron chi connectivity index (χ1n) is 9.34. The maximum Gasteiger partial charge on any atom is 0.129 e. The van der Waals surface area contributed by atoms with Crippen molar-refractivity contribution < 1.29 is 4.74 Å². The first kappa shape index (κ1) is 15.3. The molecule has 3 aliphatic rings. The van der Waals surface area contributed by atoms with E-state index in [1.165, 1.54) is 24.1 Å². The highest BCUT2D eigenvalue weighted by Gasteiger charge is 2.38. The maximum absolute atomic E-state index is 6.14. The van der Waals surface area contributed by atoms with Gasteiger partial charge in [-0.05, 0) is 24.8 Å². The van der Waals surface area contributed by atoms with Gasteiger partial charge in [0, 0.05) is 42.9 Å². The summed E-state index contributed by atoms with van der Waals surface area (Å²) in [5, 5.41) is 3.63. The van der Waals surface area contributed by atoms with Crippen LogP contribution in [0.15, 0.2) is 42.7 Å². The maximum atomic E-state index is 6.14. The molecule has 0 amide bonds. The summed E-state index contributed by atoms with van der Waals surface area (Å²) in [5.41, 5.74) is 2.47. The fourth-order valence-electron chi connectivity index (χ4n) is 4.11. The predicted octanol–water partition coefficient (Wildman–Crippen LogP) is 2.98. The highest BCUT2D eigenvalue weighted by atomic mass is 16.5. The van der Waals surface area contributed by atoms with Gasteiger partial charge in [-0.2, -0.15) is 0 Å². The number of aromatic nitrogens is 2. The molecule has 5 rings (SSSR count). The van der Waals surface area contributed by atoms with Gasteiger partial charge in [0.05, 0.1) is 12.7 Å². The van der Waals surface area contributed by atoms with Crippen LogP contribution in [0, 0.1) is 0 Å². The highest BCUT2D eigenvalue weighted by Crippen LogP contribution is 2.39. The smallest absolute Gasteiger partial charge is 0.129 e. The third-order valence-corrected chi connectivity index (χ3v) is 5.63. The van der Waals surface area contributed by atoms with Crippen molar-refractivity contribution in [2.24, 2.45) is 0 Å². The van der Waals surface area contributed by atoms with Crippen molar-refractivity contribution in [1.82, 2.24) is 14.9 Å². The van der Waals surface area contributed by atoms with E-state index in [-0.39, 0.29) is 6.10 Å². The van der Waals surface area contributed by atoms with E-state index in [0.717, 1.165) is 31.9 Å². The lowest BCUT2D eigenvalue weighted by atomic mass is 10.1. The zero-order valence-corrected chi connectivity index (χ0v) is 14.3. The Morgan fingerprint density at radius 1 is 1.08 bits per heavy atom. The molecular weight excluding hydrogens is 312 g/mol. The number of hydrogen-bond acceptors (Lipinski definition) is 5. The van der Waals surface area contributed by atoms with Crippen molar-refractivity contribution in [1.29, 1.82) is 0 Å². The molecule has 5 nitrogen and oxygen atoms in total. The number of rotatable bonds is 4. The SMILES string of the molecule is c1ccc([C@H]2CN3C[C@H](Nc4cc(C5CC5)ncn4)C[C@H]3CO2)cc1. The zero-order valence-electron chi connectivity index (χ0n) is 14.3. The Bertz CT molecular complexity index is 733. The van der Waals surface area contributed by atoms with E-state index in [9.17, 15) is 0 Å². The standard InChI is InChI=1S/C20H24N4O/c1-2-4-15(5-3-1)19-11-24-10-16(8-17(24)12-25-19)23-20-9-18(14-6-7-14)21-13-22-20/h1-5,9,13-14,16-17,19H,6-8,10-12H2,(H,21,22,23)/t16-,17+,19-/m1/s1. The van der Waals surface area contributed by atoms with Crippen molar-refractivity contribution in [2.75, 3.05) is 25.0 Å². The summed E-state index contributed by atoms with van der Waals surface area (Å²) in [7, 11) is 0. The molecule has 0 bridgehead atoms. The molecule has 25 heavy (non-hydrogen) atoms. The Morgan fingerprint density at radius 2 is 1.96 bits per heavy atom. The van der Waals surface area contributed by atoms with Crippen LogP contribution in [-0.2, 0) is 4.74 Å². The highest BCUT2D eigenvalue weighted by molar-refractivity contribution is 5.38. The number of nitrogens with zero attached hydrogens (tertiary/aromatic N) is 3. The molecule has 2 aromatic rings. The topological polar surface area (TPSA) is 50.3 Å². The van der Waals surface area contributed by atoms with Crippen molar-refractivity contribution >= 4 is 5.82 Å². The quantitative estimate of drug-likeness (QED) is 0.930. The Morgan fingerprint density at radius 3 is 2.80 bits per heavy atom. The van der Waals surface area contributed by atoms with Crippen LogP contribution in [0.25, 0.3) is 0 Å². The number of fused-ring (bicyclic) bond motifs is 1. The van der Waals surface area contributed by atoms with E-state index in [2.05, 4.69) is 56.6 Å². The number of morpholine rings is 1. The number of ether oxygens (including phenoxy) is 1. The lowest BCUT2D eigenvalue weighted by Gasteiger charge is -2.35. The second-order valence-corrected chi connectivity index (χ2v) is 7.52. The number of hydrogen-bond donors (Lipinski definition) is 1. The largest absolute Gasteiger partial charge is 0.371 e. The molecule has 1 aromatic carbocycles. The van der Waals surface area contributed by atoms with Crippen LogP contribution >= 0.6 is 0 Å². The zero-order chi connectivity index (χ0) is 16.6. The van der Waals surface area contributed by atoms with E-state index >= 15 is 0 Å². The Labute approximate surface area is 148 Å². The molecule has 5 heteroatoms. The average Bonchev–Trinajstić information content (AvgIpc) is 3.43. The molecule has 3 fully saturated rings. The van der Waals surface area contributed by atoms with E-state index < -0.39 is 0 Å². The molecule has 3 heterocycles. The van der Waals surface area contributed by atoms with Crippen LogP contribution in [0.5, 0.6) is 0 Å². The molecule has 1 saturated carbocycles. The molecule has 0 unspecified atom stereocenters. The summed E-state index contributed by atoms with van der Waals surface area (Å²) in [5.74, 6) is 1.64. The molecule has 0 spiro atoms. The minimum absolute atomic E-state index is 0.191. The molecule has 1 aliphatic carbocycles. The summed E-state index contributed by atoms with van der Waals surface area (Å²) >= 11 is 0. The first-order chi connectivity index (χ1) is 12.3. The summed E-state index contributed by atoms with van der Waals surface area (Å²) in [6, 6.07) is 13.7. The third kappa shape index (κ3) is 3.26. The molecule has 0 radical (unpaired) electrons. The van der Waals surface area contributed by atoms with Gasteiger partial charge in [0.1, 0.15) is 12.1 Å². The van der Waals surface area contributed by atoms with Gasteiger partial charge >= 0.3 is 0 Å². The minimum Gasteiger partial charge on any atom is -0.371 e. The van der Waals surface area contributed by atoms with Crippen molar-refractivity contribution in [3.05, 3.63) is 54.0 Å². The summed E-state index contributed by atoms with van der Waals surface area (Å²) in [6.45, 7) is 2.85. The van der Waals surface area contributed by atoms with Gasteiger partial charge in [-0.25, -0.2) is 9.97 Å². The first-order valence-corrected chi connectivity index (χ1v) is 9.34. The van der Waals surface area contributed by atoms with E-state index in [1.807, 2.05) is 0 Å². The van der Waals surface area contributed by atoms with Gasteiger partial charge in [-0.15, -0.1) is 0 Å². The lowest BCUT2D eigenvalue weighted by molar-refractivity contribution is -0.0501. The normalized spacial score (nSPS) is 29.4. The monoisotopic (exact) mass is 336 g/mol. The van der Waals surface area contributed by atoms with Crippen molar-refractivity contribution in [2.45, 2.75) is 43.4 Å². The van der Waals surface area contributed by atoms with Gasteiger partial charge in [-0.1, -0.05) is 30.3 Å². The van der Waals surface area contributed by atoms with Crippen LogP contribution in [-0.4, -0.2) is 46.6 Å². The van der Waals surface area contributed by atoms with Gasteiger partial charge in [0.2, 0.25) is 0 Å².